The van der Waals surface area contributed by atoms with Gasteiger partial charge in [0.15, 0.2) is 11.7 Å². The van der Waals surface area contributed by atoms with Gasteiger partial charge >= 0.3 is 0 Å². The first-order valence-electron chi connectivity index (χ1n) is 9.08. The first kappa shape index (κ1) is 20.3. The van der Waals surface area contributed by atoms with Crippen molar-refractivity contribution < 1.29 is 14.3 Å². The number of carbonyl (C=O) groups is 1. The van der Waals surface area contributed by atoms with E-state index in [-0.39, 0.29) is 24.3 Å². The molecule has 0 radical (unpaired) electrons. The van der Waals surface area contributed by atoms with Gasteiger partial charge in [0.2, 0.25) is 5.91 Å². The molecule has 1 atom stereocenters. The second kappa shape index (κ2) is 10.2. The van der Waals surface area contributed by atoms with Gasteiger partial charge in [-0.3, -0.25) is 4.79 Å². The lowest BCUT2D eigenvalue weighted by atomic mass is 9.94. The summed E-state index contributed by atoms with van der Waals surface area (Å²) in [6.45, 7) is 2.17. The topological polar surface area (TPSA) is 75.2 Å². The summed E-state index contributed by atoms with van der Waals surface area (Å²) in [5, 5.41) is 6.55. The first-order valence-corrected chi connectivity index (χ1v) is 10.5. The standard InChI is InChI=1S/C17H32N4O3S/c1-21(2)15(22)12-20-16(18-9-10-25-3)19-11-14-13-23-17(24-14)7-5-4-6-8-17/h14H,4-13H2,1-3H3,(H2,18,19,20). The van der Waals surface area contributed by atoms with E-state index in [2.05, 4.69) is 21.9 Å². The van der Waals surface area contributed by atoms with Crippen molar-refractivity contribution in [3.05, 3.63) is 0 Å². The molecule has 8 heteroatoms. The zero-order valence-electron chi connectivity index (χ0n) is 15.7. The Kier molecular flexibility index (Phi) is 8.32. The van der Waals surface area contributed by atoms with Crippen LogP contribution in [-0.4, -0.2) is 81.0 Å². The Morgan fingerprint density at radius 1 is 1.28 bits per heavy atom. The fourth-order valence-electron chi connectivity index (χ4n) is 3.01. The van der Waals surface area contributed by atoms with E-state index in [1.54, 1.807) is 30.8 Å². The summed E-state index contributed by atoms with van der Waals surface area (Å²) in [5.41, 5.74) is 0. The Balaban J connectivity index is 1.81. The highest BCUT2D eigenvalue weighted by molar-refractivity contribution is 7.98. The molecule has 0 aromatic rings. The number of rotatable bonds is 7. The molecule has 0 aromatic carbocycles. The van der Waals surface area contributed by atoms with E-state index in [4.69, 9.17) is 9.47 Å². The maximum absolute atomic E-state index is 11.8. The van der Waals surface area contributed by atoms with Gasteiger partial charge in [-0.1, -0.05) is 6.42 Å². The van der Waals surface area contributed by atoms with Gasteiger partial charge in [0.25, 0.3) is 0 Å². The summed E-state index contributed by atoms with van der Waals surface area (Å²) < 4.78 is 12.2. The average molecular weight is 373 g/mol. The number of nitrogens with zero attached hydrogens (tertiary/aromatic N) is 2. The molecule has 1 heterocycles. The third-order valence-electron chi connectivity index (χ3n) is 4.50. The van der Waals surface area contributed by atoms with Gasteiger partial charge in [0, 0.05) is 45.8 Å². The molecule has 0 bridgehead atoms. The summed E-state index contributed by atoms with van der Waals surface area (Å²) in [6, 6.07) is 0. The molecule has 1 aliphatic carbocycles. The molecule has 1 aliphatic heterocycles. The normalized spacial score (nSPS) is 22.8. The summed E-state index contributed by atoms with van der Waals surface area (Å²) >= 11 is 1.77. The molecule has 144 valence electrons. The Bertz CT molecular complexity index is 453. The van der Waals surface area contributed by atoms with Crippen molar-refractivity contribution >= 4 is 23.6 Å². The number of nitrogens with one attached hydrogen (secondary N) is 2. The van der Waals surface area contributed by atoms with Crippen LogP contribution < -0.4 is 10.6 Å². The van der Waals surface area contributed by atoms with Crippen LogP contribution in [0.2, 0.25) is 0 Å². The molecule has 1 saturated heterocycles. The molecule has 2 fully saturated rings. The van der Waals surface area contributed by atoms with Crippen LogP contribution in [0.3, 0.4) is 0 Å². The minimum Gasteiger partial charge on any atom is -0.356 e. The van der Waals surface area contributed by atoms with Gasteiger partial charge in [-0.05, 0) is 19.1 Å². The van der Waals surface area contributed by atoms with E-state index in [1.807, 2.05) is 0 Å². The van der Waals surface area contributed by atoms with Gasteiger partial charge in [-0.2, -0.15) is 11.8 Å². The van der Waals surface area contributed by atoms with Crippen molar-refractivity contribution in [3.8, 4) is 0 Å². The first-order chi connectivity index (χ1) is 12.0. The van der Waals surface area contributed by atoms with Crippen molar-refractivity contribution in [1.29, 1.82) is 0 Å². The highest BCUT2D eigenvalue weighted by Gasteiger charge is 2.42. The summed E-state index contributed by atoms with van der Waals surface area (Å²) in [6.07, 6.45) is 7.70. The monoisotopic (exact) mass is 372 g/mol. The maximum Gasteiger partial charge on any atom is 0.243 e. The molecule has 1 saturated carbocycles. The number of carbonyl (C=O) groups excluding carboxylic acids is 1. The number of aliphatic imine (C=N–C) groups is 1. The largest absolute Gasteiger partial charge is 0.356 e. The second-order valence-electron chi connectivity index (χ2n) is 6.78. The van der Waals surface area contributed by atoms with Crippen LogP contribution in [0.4, 0.5) is 0 Å². The molecule has 0 aromatic heterocycles. The van der Waals surface area contributed by atoms with E-state index in [0.717, 1.165) is 25.1 Å². The molecule has 25 heavy (non-hydrogen) atoms. The molecule has 1 spiro atoms. The molecular formula is C17H32N4O3S. The molecule has 1 amide bonds. The summed E-state index contributed by atoms with van der Waals surface area (Å²) in [5.74, 6) is 1.26. The second-order valence-corrected chi connectivity index (χ2v) is 7.76. The van der Waals surface area contributed by atoms with E-state index in [0.29, 0.717) is 19.1 Å². The van der Waals surface area contributed by atoms with E-state index in [1.165, 1.54) is 19.3 Å². The van der Waals surface area contributed by atoms with Crippen LogP contribution in [0.15, 0.2) is 4.99 Å². The fourth-order valence-corrected chi connectivity index (χ4v) is 3.32. The Morgan fingerprint density at radius 2 is 2.04 bits per heavy atom. The predicted octanol–water partition coefficient (Wildman–Crippen LogP) is 1.05. The van der Waals surface area contributed by atoms with Crippen LogP contribution in [0.25, 0.3) is 0 Å². The predicted molar refractivity (Wildman–Crippen MR) is 102 cm³/mol. The maximum atomic E-state index is 11.8. The minimum atomic E-state index is -0.352. The zero-order valence-corrected chi connectivity index (χ0v) is 16.5. The van der Waals surface area contributed by atoms with Crippen molar-refractivity contribution in [2.45, 2.75) is 44.0 Å². The van der Waals surface area contributed by atoms with Gasteiger partial charge < -0.3 is 25.0 Å². The molecule has 1 unspecified atom stereocenters. The van der Waals surface area contributed by atoms with E-state index < -0.39 is 0 Å². The minimum absolute atomic E-state index is 0.0208. The van der Waals surface area contributed by atoms with Crippen LogP contribution in [0.5, 0.6) is 0 Å². The smallest absolute Gasteiger partial charge is 0.243 e. The quantitative estimate of drug-likeness (QED) is 0.395. The number of likely N-dealkylation sites (N-methyl/N-ethyl adjacent to an activating group) is 1. The SMILES string of the molecule is CSCCNC(=NCC(=O)N(C)C)NCC1COC2(CCCCC2)O1. The van der Waals surface area contributed by atoms with Gasteiger partial charge in [-0.15, -0.1) is 0 Å². The molecular weight excluding hydrogens is 340 g/mol. The third-order valence-corrected chi connectivity index (χ3v) is 5.11. The molecule has 7 nitrogen and oxygen atoms in total. The van der Waals surface area contributed by atoms with Crippen LogP contribution in [0.1, 0.15) is 32.1 Å². The van der Waals surface area contributed by atoms with Gasteiger partial charge in [0.05, 0.1) is 6.61 Å². The van der Waals surface area contributed by atoms with E-state index >= 15 is 0 Å². The Morgan fingerprint density at radius 3 is 2.72 bits per heavy atom. The third kappa shape index (κ3) is 6.67. The van der Waals surface area contributed by atoms with Gasteiger partial charge in [-0.25, -0.2) is 4.99 Å². The van der Waals surface area contributed by atoms with Crippen LogP contribution in [-0.2, 0) is 14.3 Å². The lowest BCUT2D eigenvalue weighted by molar-refractivity contribution is -0.186. The number of thioether (sulfide) groups is 1. The highest BCUT2D eigenvalue weighted by Crippen LogP contribution is 2.37. The van der Waals surface area contributed by atoms with Crippen molar-refractivity contribution in [2.24, 2.45) is 4.99 Å². The fraction of sp³-hybridized carbons (Fsp3) is 0.882. The summed E-state index contributed by atoms with van der Waals surface area (Å²) in [4.78, 5) is 17.7. The molecule has 2 rings (SSSR count). The number of guanidine groups is 1. The van der Waals surface area contributed by atoms with Gasteiger partial charge in [0.1, 0.15) is 12.6 Å². The lowest BCUT2D eigenvalue weighted by Gasteiger charge is -2.31. The van der Waals surface area contributed by atoms with E-state index in [9.17, 15) is 4.79 Å². The number of hydrogen-bond acceptors (Lipinski definition) is 5. The van der Waals surface area contributed by atoms with Crippen LogP contribution in [0, 0.1) is 0 Å². The number of ether oxygens (including phenoxy) is 2. The van der Waals surface area contributed by atoms with Crippen molar-refractivity contribution in [3.63, 3.8) is 0 Å². The van der Waals surface area contributed by atoms with Crippen molar-refractivity contribution in [1.82, 2.24) is 15.5 Å². The number of amides is 1. The number of hydrogen-bond donors (Lipinski definition) is 2. The Hall–Kier alpha value is -0.990. The Labute approximate surface area is 155 Å². The zero-order chi connectivity index (χ0) is 18.1. The van der Waals surface area contributed by atoms with Crippen LogP contribution >= 0.6 is 11.8 Å². The molecule has 2 N–H and O–H groups in total. The van der Waals surface area contributed by atoms with Crippen molar-refractivity contribution in [2.75, 3.05) is 52.3 Å². The molecule has 2 aliphatic rings. The lowest BCUT2D eigenvalue weighted by Crippen LogP contribution is -2.44. The summed E-state index contributed by atoms with van der Waals surface area (Å²) in [7, 11) is 3.47. The highest BCUT2D eigenvalue weighted by atomic mass is 32.2. The average Bonchev–Trinajstić information content (AvgIpc) is 2.99.